The van der Waals surface area contributed by atoms with Crippen molar-refractivity contribution >= 4 is 19.7 Å². The summed E-state index contributed by atoms with van der Waals surface area (Å²) in [5, 5.41) is 5.50. The predicted octanol–water partition coefficient (Wildman–Crippen LogP) is 6.16. The SMILES string of the molecule is CC(C)N=C(C[PH+](C(C)(C)C)C(C)(C)C)[N-]C(C)C.COC(=O)[C-](C)C.[Ni+2]. The van der Waals surface area contributed by atoms with Crippen molar-refractivity contribution in [3.05, 3.63) is 11.2 Å². The van der Waals surface area contributed by atoms with E-state index in [1.807, 2.05) is 0 Å². The minimum absolute atomic E-state index is 0. The molecule has 0 atom stereocenters. The fraction of sp³-hybridized carbons (Fsp3) is 0.857. The van der Waals surface area contributed by atoms with E-state index >= 15 is 0 Å². The number of hydrogen-bond acceptors (Lipinski definition) is 3. The summed E-state index contributed by atoms with van der Waals surface area (Å²) in [6, 6.07) is 0.668. The Bertz CT molecular complexity index is 422. The maximum absolute atomic E-state index is 10.3. The van der Waals surface area contributed by atoms with Crippen molar-refractivity contribution in [2.24, 2.45) is 4.99 Å². The van der Waals surface area contributed by atoms with Gasteiger partial charge in [0.1, 0.15) is 0 Å². The Kier molecular flexibility index (Phi) is 16.1. The van der Waals surface area contributed by atoms with Crippen molar-refractivity contribution in [3.8, 4) is 0 Å². The van der Waals surface area contributed by atoms with Gasteiger partial charge < -0.3 is 15.0 Å². The Labute approximate surface area is 180 Å². The van der Waals surface area contributed by atoms with Gasteiger partial charge in [-0.15, -0.1) is 0 Å². The minimum Gasteiger partial charge on any atom is -0.491 e. The Morgan fingerprint density at radius 3 is 1.63 bits per heavy atom. The zero-order chi connectivity index (χ0) is 21.3. The van der Waals surface area contributed by atoms with Crippen molar-refractivity contribution < 1.29 is 26.0 Å². The first-order valence-corrected chi connectivity index (χ1v) is 11.3. The number of carbonyl (C=O) groups excluding carboxylic acids is 1. The molecule has 27 heavy (non-hydrogen) atoms. The molecule has 0 unspecified atom stereocenters. The van der Waals surface area contributed by atoms with E-state index in [0.29, 0.717) is 28.3 Å². The second kappa shape index (κ2) is 13.8. The van der Waals surface area contributed by atoms with Crippen molar-refractivity contribution in [2.75, 3.05) is 13.3 Å². The molecular weight excluding hydrogens is 402 g/mol. The van der Waals surface area contributed by atoms with Gasteiger partial charge in [-0.3, -0.25) is 10.7 Å². The third-order valence-corrected chi connectivity index (χ3v) is 7.84. The molecule has 0 saturated carbocycles. The minimum atomic E-state index is -0.589. The molecule has 4 nitrogen and oxygen atoms in total. The summed E-state index contributed by atoms with van der Waals surface area (Å²) in [7, 11) is 0.781. The van der Waals surface area contributed by atoms with Gasteiger partial charge in [0.05, 0.1) is 23.6 Å². The summed E-state index contributed by atoms with van der Waals surface area (Å²) >= 11 is 0. The molecule has 0 N–H and O–H groups in total. The first-order valence-electron chi connectivity index (χ1n) is 9.55. The van der Waals surface area contributed by atoms with Gasteiger partial charge in [-0.1, -0.05) is 33.5 Å². The Hall–Kier alpha value is -0.266. The number of aliphatic imine (C=N–C) groups is 1. The summed E-state index contributed by atoms with van der Waals surface area (Å²) in [5.74, 6) is 1.53. The van der Waals surface area contributed by atoms with Gasteiger partial charge in [0, 0.05) is 7.92 Å². The maximum atomic E-state index is 10.3. The number of ether oxygens (including phenoxy) is 1. The number of hydrogen-bond donors (Lipinski definition) is 0. The molecule has 0 aliphatic carbocycles. The number of methoxy groups -OCH3 is 1. The van der Waals surface area contributed by atoms with Crippen LogP contribution >= 0.6 is 7.92 Å². The van der Waals surface area contributed by atoms with Crippen molar-refractivity contribution in [2.45, 2.75) is 105 Å². The Morgan fingerprint density at radius 1 is 1.04 bits per heavy atom. The monoisotopic (exact) mass is 445 g/mol. The van der Waals surface area contributed by atoms with Gasteiger partial charge in [-0.25, -0.2) is 0 Å². The third kappa shape index (κ3) is 16.4. The standard InChI is InChI=1S/C16H34N2P.C5H9O2.Ni/c1-12(2)17-14(18-13(3)4)11-19(15(5,6)7)16(8,9)10;1-4(2)5(6)7-3;/h12-13H,11H2,1-10H3;1-3H3;/q2*-1;+2/p+1. The van der Waals surface area contributed by atoms with Crippen molar-refractivity contribution in [1.82, 2.24) is 0 Å². The average molecular weight is 446 g/mol. The van der Waals surface area contributed by atoms with Crippen LogP contribution < -0.4 is 0 Å². The van der Waals surface area contributed by atoms with E-state index in [1.165, 1.54) is 7.11 Å². The molecule has 0 aromatic rings. The largest absolute Gasteiger partial charge is 2.00 e. The molecule has 0 saturated heterocycles. The van der Waals surface area contributed by atoms with Crippen LogP contribution in [0.25, 0.3) is 5.32 Å². The predicted molar refractivity (Wildman–Crippen MR) is 120 cm³/mol. The number of rotatable bonds is 5. The number of nitrogens with zero attached hydrogens (tertiary/aromatic N) is 2. The van der Waals surface area contributed by atoms with E-state index in [-0.39, 0.29) is 22.5 Å². The molecule has 0 bridgehead atoms. The molecule has 0 radical (unpaired) electrons. The van der Waals surface area contributed by atoms with Crippen LogP contribution in [-0.4, -0.2) is 47.5 Å². The summed E-state index contributed by atoms with van der Waals surface area (Å²) in [6.07, 6.45) is 1.08. The molecule has 164 valence electrons. The molecule has 0 aromatic heterocycles. The second-order valence-corrected chi connectivity index (χ2v) is 13.8. The van der Waals surface area contributed by atoms with Crippen LogP contribution in [0.2, 0.25) is 0 Å². The van der Waals surface area contributed by atoms with Crippen molar-refractivity contribution in [3.63, 3.8) is 0 Å². The van der Waals surface area contributed by atoms with Crippen LogP contribution in [0.15, 0.2) is 4.99 Å². The average Bonchev–Trinajstić information content (AvgIpc) is 2.40. The molecule has 0 aromatic carbocycles. The van der Waals surface area contributed by atoms with Crippen LogP contribution in [0.3, 0.4) is 0 Å². The van der Waals surface area contributed by atoms with E-state index in [1.54, 1.807) is 13.8 Å². The summed E-state index contributed by atoms with van der Waals surface area (Å²) in [6.45, 7) is 26.2. The summed E-state index contributed by atoms with van der Waals surface area (Å²) in [4.78, 5) is 15.0. The maximum Gasteiger partial charge on any atom is 2.00 e. The number of amidine groups is 1. The van der Waals surface area contributed by atoms with Crippen LogP contribution in [0.4, 0.5) is 0 Å². The van der Waals surface area contributed by atoms with E-state index in [0.717, 1.165) is 12.0 Å². The van der Waals surface area contributed by atoms with Gasteiger partial charge in [0.25, 0.3) is 0 Å². The zero-order valence-electron chi connectivity index (χ0n) is 19.9. The van der Waals surface area contributed by atoms with Gasteiger partial charge in [0.15, 0.2) is 5.97 Å². The fourth-order valence-corrected chi connectivity index (χ4v) is 6.55. The van der Waals surface area contributed by atoms with Crippen LogP contribution in [0.5, 0.6) is 0 Å². The second-order valence-electron chi connectivity index (χ2n) is 9.51. The molecule has 0 fully saturated rings. The van der Waals surface area contributed by atoms with E-state index in [2.05, 4.69) is 74.0 Å². The third-order valence-electron chi connectivity index (χ3n) is 3.55. The van der Waals surface area contributed by atoms with Crippen molar-refractivity contribution in [1.29, 1.82) is 0 Å². The Morgan fingerprint density at radius 2 is 1.44 bits per heavy atom. The van der Waals surface area contributed by atoms with Crippen LogP contribution in [0, 0.1) is 5.92 Å². The molecule has 0 aliphatic heterocycles. The molecule has 0 rings (SSSR count). The topological polar surface area (TPSA) is 52.8 Å². The van der Waals surface area contributed by atoms with Crippen LogP contribution in [0.1, 0.15) is 83.1 Å². The Balaban J connectivity index is -0.000000612. The molecule has 0 spiro atoms. The molecule has 0 heterocycles. The molecule has 0 aliphatic rings. The summed E-state index contributed by atoms with van der Waals surface area (Å²) in [5.41, 5.74) is 0. The van der Waals surface area contributed by atoms with E-state index < -0.39 is 7.92 Å². The first-order chi connectivity index (χ1) is 11.5. The van der Waals surface area contributed by atoms with E-state index in [4.69, 9.17) is 10.3 Å². The quantitative estimate of drug-likeness (QED) is 0.127. The first kappa shape index (κ1) is 31.4. The smallest absolute Gasteiger partial charge is 0.491 e. The fourth-order valence-electron chi connectivity index (χ4n) is 2.74. The van der Waals surface area contributed by atoms with Gasteiger partial charge in [0.2, 0.25) is 0 Å². The number of esters is 1. The van der Waals surface area contributed by atoms with Gasteiger partial charge in [-0.2, -0.15) is 13.8 Å². The normalized spacial score (nSPS) is 12.4. The zero-order valence-corrected chi connectivity index (χ0v) is 21.9. The van der Waals surface area contributed by atoms with Gasteiger partial charge in [-0.05, 0) is 53.6 Å². The van der Waals surface area contributed by atoms with E-state index in [9.17, 15) is 4.79 Å². The number of carbonyl (C=O) groups is 1. The van der Waals surface area contributed by atoms with Gasteiger partial charge >= 0.3 is 16.5 Å². The summed E-state index contributed by atoms with van der Waals surface area (Å²) < 4.78 is 4.34. The van der Waals surface area contributed by atoms with Crippen LogP contribution in [-0.2, 0) is 26.0 Å². The molecule has 6 heteroatoms. The molecule has 0 amide bonds. The molecular formula is C21H44N2NiO2P+.